The lowest BCUT2D eigenvalue weighted by Gasteiger charge is -2.44. The van der Waals surface area contributed by atoms with Gasteiger partial charge in [-0.2, -0.15) is 4.31 Å². The second kappa shape index (κ2) is 9.09. The molecule has 4 rings (SSSR count). The van der Waals surface area contributed by atoms with E-state index in [1.807, 2.05) is 11.8 Å². The van der Waals surface area contributed by atoms with Gasteiger partial charge in [0.25, 0.3) is 0 Å². The number of halogens is 1. The maximum absolute atomic E-state index is 13.4. The Morgan fingerprint density at radius 3 is 2.41 bits per heavy atom. The van der Waals surface area contributed by atoms with E-state index < -0.39 is 16.2 Å². The van der Waals surface area contributed by atoms with Crippen molar-refractivity contribution in [2.24, 2.45) is 11.1 Å². The van der Waals surface area contributed by atoms with Crippen LogP contribution < -0.4 is 0 Å². The van der Waals surface area contributed by atoms with Crippen molar-refractivity contribution in [3.63, 3.8) is 0 Å². The molecule has 32 heavy (non-hydrogen) atoms. The third-order valence-electron chi connectivity index (χ3n) is 6.19. The maximum Gasteiger partial charge on any atom is 0.245 e. The number of hydrogen-bond acceptors (Lipinski definition) is 6. The molecule has 2 aliphatic rings. The van der Waals surface area contributed by atoms with Gasteiger partial charge >= 0.3 is 0 Å². The maximum atomic E-state index is 13.4. The SMILES string of the molecule is CCCN1C(N2CCC(C(=O)c3ccc(F)cc3)CC2)C(=NO)c2ccccc2S1(=O)=O. The molecule has 2 aromatic carbocycles. The fraction of sp³-hybridized carbons (Fsp3) is 0.391. The third-order valence-corrected chi connectivity index (χ3v) is 8.11. The van der Waals surface area contributed by atoms with Crippen molar-refractivity contribution in [1.82, 2.24) is 9.21 Å². The first-order chi connectivity index (χ1) is 15.4. The number of hydrogen-bond donors (Lipinski definition) is 1. The molecule has 2 heterocycles. The van der Waals surface area contributed by atoms with E-state index in [0.717, 1.165) is 0 Å². The molecule has 2 aliphatic heterocycles. The molecule has 0 saturated carbocycles. The Morgan fingerprint density at radius 2 is 1.78 bits per heavy atom. The highest BCUT2D eigenvalue weighted by atomic mass is 32.2. The summed E-state index contributed by atoms with van der Waals surface area (Å²) in [5.41, 5.74) is 1.17. The van der Waals surface area contributed by atoms with Crippen LogP contribution >= 0.6 is 0 Å². The normalized spacial score (nSPS) is 23.2. The number of carbonyl (C=O) groups excluding carboxylic acids is 1. The van der Waals surface area contributed by atoms with Gasteiger partial charge in [-0.15, -0.1) is 0 Å². The number of rotatable bonds is 5. The van der Waals surface area contributed by atoms with E-state index in [4.69, 9.17) is 0 Å². The number of ketones is 1. The first-order valence-corrected chi connectivity index (χ1v) is 12.2. The van der Waals surface area contributed by atoms with Crippen LogP contribution in [0.15, 0.2) is 58.6 Å². The van der Waals surface area contributed by atoms with E-state index in [0.29, 0.717) is 49.2 Å². The highest BCUT2D eigenvalue weighted by Gasteiger charge is 2.46. The number of sulfonamides is 1. The number of carbonyl (C=O) groups is 1. The van der Waals surface area contributed by atoms with Gasteiger partial charge in [0.05, 0.1) is 4.90 Å². The van der Waals surface area contributed by atoms with Crippen molar-refractivity contribution in [2.75, 3.05) is 19.6 Å². The second-order valence-electron chi connectivity index (χ2n) is 8.15. The molecule has 2 aromatic rings. The number of benzene rings is 2. The zero-order valence-corrected chi connectivity index (χ0v) is 18.6. The largest absolute Gasteiger partial charge is 0.411 e. The number of fused-ring (bicyclic) bond motifs is 1. The summed E-state index contributed by atoms with van der Waals surface area (Å²) >= 11 is 0. The predicted molar refractivity (Wildman–Crippen MR) is 118 cm³/mol. The molecule has 0 amide bonds. The van der Waals surface area contributed by atoms with Crippen LogP contribution in [0.25, 0.3) is 0 Å². The van der Waals surface area contributed by atoms with Gasteiger partial charge in [0.2, 0.25) is 10.0 Å². The molecular formula is C23H26FN3O4S. The van der Waals surface area contributed by atoms with Crippen LogP contribution in [0.2, 0.25) is 0 Å². The van der Waals surface area contributed by atoms with Crippen molar-refractivity contribution >= 4 is 21.5 Å². The average molecular weight is 460 g/mol. The minimum absolute atomic E-state index is 0.0345. The van der Waals surface area contributed by atoms with Crippen molar-refractivity contribution in [3.8, 4) is 0 Å². The minimum Gasteiger partial charge on any atom is -0.411 e. The van der Waals surface area contributed by atoms with Crippen LogP contribution in [0.4, 0.5) is 4.39 Å². The Balaban J connectivity index is 1.60. The Kier molecular flexibility index (Phi) is 6.41. The monoisotopic (exact) mass is 459 g/mol. The van der Waals surface area contributed by atoms with E-state index in [1.54, 1.807) is 18.2 Å². The molecule has 1 unspecified atom stereocenters. The zero-order valence-electron chi connectivity index (χ0n) is 17.8. The lowest BCUT2D eigenvalue weighted by molar-refractivity contribution is 0.0730. The number of oxime groups is 1. The van der Waals surface area contributed by atoms with Gasteiger partial charge in [-0.25, -0.2) is 12.8 Å². The van der Waals surface area contributed by atoms with Crippen LogP contribution in [-0.4, -0.2) is 60.1 Å². The van der Waals surface area contributed by atoms with Crippen molar-refractivity contribution in [3.05, 3.63) is 65.5 Å². The summed E-state index contributed by atoms with van der Waals surface area (Å²) in [4.78, 5) is 14.9. The summed E-state index contributed by atoms with van der Waals surface area (Å²) in [5, 5.41) is 13.4. The van der Waals surface area contributed by atoms with Gasteiger partial charge in [-0.1, -0.05) is 30.3 Å². The molecule has 170 valence electrons. The Bertz CT molecular complexity index is 1130. The van der Waals surface area contributed by atoms with E-state index in [-0.39, 0.29) is 29.0 Å². The van der Waals surface area contributed by atoms with Crippen LogP contribution in [-0.2, 0) is 10.0 Å². The number of piperidine rings is 1. The molecule has 7 nitrogen and oxygen atoms in total. The van der Waals surface area contributed by atoms with Crippen LogP contribution in [0, 0.1) is 11.7 Å². The highest BCUT2D eigenvalue weighted by molar-refractivity contribution is 7.89. The predicted octanol–water partition coefficient (Wildman–Crippen LogP) is 3.34. The quantitative estimate of drug-likeness (QED) is 0.421. The first kappa shape index (κ1) is 22.6. The summed E-state index contributed by atoms with van der Waals surface area (Å²) in [6.45, 7) is 3.13. The van der Waals surface area contributed by atoms with Gasteiger partial charge in [-0.05, 0) is 49.6 Å². The molecule has 0 bridgehead atoms. The molecule has 0 radical (unpaired) electrons. The Morgan fingerprint density at radius 1 is 1.12 bits per heavy atom. The first-order valence-electron chi connectivity index (χ1n) is 10.8. The average Bonchev–Trinajstić information content (AvgIpc) is 2.81. The van der Waals surface area contributed by atoms with E-state index >= 15 is 0 Å². The van der Waals surface area contributed by atoms with Gasteiger partial charge in [0, 0.05) is 36.7 Å². The third kappa shape index (κ3) is 3.96. The van der Waals surface area contributed by atoms with E-state index in [1.165, 1.54) is 34.6 Å². The molecule has 1 fully saturated rings. The fourth-order valence-corrected chi connectivity index (χ4v) is 6.49. The topological polar surface area (TPSA) is 90.3 Å². The van der Waals surface area contributed by atoms with Gasteiger partial charge in [0.1, 0.15) is 17.7 Å². The lowest BCUT2D eigenvalue weighted by Crippen LogP contribution is -2.60. The Labute approximate surface area is 187 Å². The summed E-state index contributed by atoms with van der Waals surface area (Å²) in [5.74, 6) is -0.645. The summed E-state index contributed by atoms with van der Waals surface area (Å²) in [6, 6.07) is 12.1. The minimum atomic E-state index is -3.77. The van der Waals surface area contributed by atoms with Crippen LogP contribution in [0.1, 0.15) is 42.1 Å². The lowest BCUT2D eigenvalue weighted by atomic mass is 9.88. The van der Waals surface area contributed by atoms with Crippen molar-refractivity contribution in [2.45, 2.75) is 37.2 Å². The van der Waals surface area contributed by atoms with Crippen molar-refractivity contribution in [1.29, 1.82) is 0 Å². The fourth-order valence-electron chi connectivity index (χ4n) is 4.62. The molecule has 0 spiro atoms. The second-order valence-corrected chi connectivity index (χ2v) is 10.0. The van der Waals surface area contributed by atoms with Crippen LogP contribution in [0.5, 0.6) is 0 Å². The molecule has 9 heteroatoms. The number of likely N-dealkylation sites (tertiary alicyclic amines) is 1. The van der Waals surface area contributed by atoms with E-state index in [2.05, 4.69) is 5.16 Å². The summed E-state index contributed by atoms with van der Waals surface area (Å²) < 4.78 is 41.3. The van der Waals surface area contributed by atoms with Gasteiger partial charge in [0.15, 0.2) is 5.78 Å². The molecule has 0 aromatic heterocycles. The zero-order chi connectivity index (χ0) is 22.9. The van der Waals surface area contributed by atoms with Gasteiger partial charge in [-0.3, -0.25) is 9.69 Å². The van der Waals surface area contributed by atoms with Crippen molar-refractivity contribution < 1.29 is 22.8 Å². The smallest absolute Gasteiger partial charge is 0.245 e. The number of nitrogens with zero attached hydrogens (tertiary/aromatic N) is 3. The molecule has 1 saturated heterocycles. The molecule has 1 atom stereocenters. The highest BCUT2D eigenvalue weighted by Crippen LogP contribution is 2.34. The van der Waals surface area contributed by atoms with Gasteiger partial charge < -0.3 is 5.21 Å². The van der Waals surface area contributed by atoms with Crippen LogP contribution in [0.3, 0.4) is 0 Å². The number of Topliss-reactive ketones (excluding diaryl/α,β-unsaturated/α-hetero) is 1. The summed E-state index contributed by atoms with van der Waals surface area (Å²) in [7, 11) is -3.77. The van der Waals surface area contributed by atoms with E-state index in [9.17, 15) is 22.8 Å². The molecule has 0 aliphatic carbocycles. The molecular weight excluding hydrogens is 433 g/mol. The molecule has 1 N–H and O–H groups in total. The Hall–Kier alpha value is -2.62. The standard InChI is InChI=1S/C23H26FN3O4S/c1-2-13-27-23(21(25-29)19-5-3-4-6-20(19)32(27,30)31)26-14-11-17(12-15-26)22(28)16-7-9-18(24)10-8-16/h3-10,17,23,29H,2,11-15H2,1H3. The summed E-state index contributed by atoms with van der Waals surface area (Å²) in [6.07, 6.45) is 0.942.